The minimum absolute atomic E-state index is 0.626. The maximum Gasteiger partial charge on any atom is 0.203 e. The minimum Gasteiger partial charge on any atom is -0.382 e. The molecule has 0 radical (unpaired) electrons. The van der Waals surface area contributed by atoms with E-state index in [1.165, 1.54) is 0 Å². The molecule has 0 unspecified atom stereocenters. The van der Waals surface area contributed by atoms with Crippen LogP contribution in [0.4, 0.5) is 5.95 Å². The second kappa shape index (κ2) is 10.7. The third kappa shape index (κ3) is 6.88. The van der Waals surface area contributed by atoms with Crippen LogP contribution in [0.25, 0.3) is 0 Å². The summed E-state index contributed by atoms with van der Waals surface area (Å²) in [5.74, 6) is 0.898. The van der Waals surface area contributed by atoms with Crippen LogP contribution in [0.1, 0.15) is 19.0 Å². The lowest BCUT2D eigenvalue weighted by Gasteiger charge is -2.10. The number of nitrogens with zero attached hydrogens (tertiary/aromatic N) is 2. The molecule has 0 aromatic carbocycles. The second-order valence-electron chi connectivity index (χ2n) is 4.48. The van der Waals surface area contributed by atoms with Crippen molar-refractivity contribution in [1.29, 1.82) is 0 Å². The number of aromatic nitrogens is 2. The molecule has 0 fully saturated rings. The highest BCUT2D eigenvalue weighted by Crippen LogP contribution is 2.08. The first-order chi connectivity index (χ1) is 9.77. The van der Waals surface area contributed by atoms with Gasteiger partial charge in [-0.25, -0.2) is 4.98 Å². The Morgan fingerprint density at radius 3 is 2.80 bits per heavy atom. The zero-order valence-corrected chi connectivity index (χ0v) is 12.9. The van der Waals surface area contributed by atoms with E-state index in [9.17, 15) is 0 Å². The van der Waals surface area contributed by atoms with Gasteiger partial charge in [0.05, 0.1) is 25.5 Å². The van der Waals surface area contributed by atoms with Gasteiger partial charge in [-0.1, -0.05) is 0 Å². The molecule has 0 bridgehead atoms. The molecule has 116 valence electrons. The van der Waals surface area contributed by atoms with Crippen molar-refractivity contribution in [3.63, 3.8) is 0 Å². The Balaban J connectivity index is 2.27. The second-order valence-corrected chi connectivity index (χ2v) is 4.48. The van der Waals surface area contributed by atoms with E-state index in [2.05, 4.69) is 14.9 Å². The zero-order valence-electron chi connectivity index (χ0n) is 12.9. The normalized spacial score (nSPS) is 10.9. The number of ether oxygens (including phenoxy) is 3. The molecule has 0 aliphatic heterocycles. The van der Waals surface area contributed by atoms with Crippen molar-refractivity contribution in [1.82, 2.24) is 9.55 Å². The van der Waals surface area contributed by atoms with E-state index >= 15 is 0 Å². The molecule has 1 aromatic rings. The molecular weight excluding hydrogens is 258 g/mol. The van der Waals surface area contributed by atoms with Crippen LogP contribution in [0.3, 0.4) is 0 Å². The van der Waals surface area contributed by atoms with E-state index < -0.39 is 0 Å². The summed E-state index contributed by atoms with van der Waals surface area (Å²) >= 11 is 0. The highest BCUT2D eigenvalue weighted by molar-refractivity contribution is 5.28. The van der Waals surface area contributed by atoms with Crippen molar-refractivity contribution in [3.05, 3.63) is 11.9 Å². The van der Waals surface area contributed by atoms with Gasteiger partial charge in [-0.05, 0) is 20.3 Å². The van der Waals surface area contributed by atoms with Crippen LogP contribution < -0.4 is 5.32 Å². The highest BCUT2D eigenvalue weighted by atomic mass is 16.5. The average Bonchev–Trinajstić information content (AvgIpc) is 2.79. The summed E-state index contributed by atoms with van der Waals surface area (Å²) in [5.41, 5.74) is 1.01. The molecule has 20 heavy (non-hydrogen) atoms. The third-order valence-corrected chi connectivity index (χ3v) is 2.76. The number of aryl methyl sites for hydroxylation is 1. The van der Waals surface area contributed by atoms with E-state index in [1.54, 1.807) is 7.11 Å². The van der Waals surface area contributed by atoms with E-state index in [0.29, 0.717) is 19.8 Å². The van der Waals surface area contributed by atoms with Gasteiger partial charge in [0.15, 0.2) is 0 Å². The number of hydrogen-bond acceptors (Lipinski definition) is 5. The summed E-state index contributed by atoms with van der Waals surface area (Å²) in [6.45, 7) is 9.12. The molecular formula is C14H27N3O3. The summed E-state index contributed by atoms with van der Waals surface area (Å²) in [5, 5.41) is 3.34. The summed E-state index contributed by atoms with van der Waals surface area (Å²) in [6, 6.07) is 0. The predicted molar refractivity (Wildman–Crippen MR) is 79.3 cm³/mol. The van der Waals surface area contributed by atoms with Crippen LogP contribution >= 0.6 is 0 Å². The van der Waals surface area contributed by atoms with Crippen LogP contribution in [0.15, 0.2) is 6.20 Å². The van der Waals surface area contributed by atoms with Gasteiger partial charge in [0.25, 0.3) is 0 Å². The fraction of sp³-hybridized carbons (Fsp3) is 0.786. The number of imidazole rings is 1. The van der Waals surface area contributed by atoms with Gasteiger partial charge < -0.3 is 24.1 Å². The molecule has 0 amide bonds. The lowest BCUT2D eigenvalue weighted by molar-refractivity contribution is 0.0668. The Hall–Kier alpha value is -1.11. The SMILES string of the molecule is CCOCCCNc1nc(C)cn1CCOCCOC. The van der Waals surface area contributed by atoms with Gasteiger partial charge in [0.1, 0.15) is 0 Å². The largest absolute Gasteiger partial charge is 0.382 e. The van der Waals surface area contributed by atoms with Crippen LogP contribution in [-0.4, -0.2) is 56.2 Å². The summed E-state index contributed by atoms with van der Waals surface area (Å²) in [4.78, 5) is 4.47. The third-order valence-electron chi connectivity index (χ3n) is 2.76. The molecule has 1 aromatic heterocycles. The first kappa shape index (κ1) is 16.9. The summed E-state index contributed by atoms with van der Waals surface area (Å²) in [7, 11) is 1.67. The van der Waals surface area contributed by atoms with Crippen molar-refractivity contribution in [3.8, 4) is 0 Å². The van der Waals surface area contributed by atoms with Crippen LogP contribution in [-0.2, 0) is 20.8 Å². The Labute approximate surface area is 121 Å². The van der Waals surface area contributed by atoms with Crippen molar-refractivity contribution in [2.24, 2.45) is 0 Å². The standard InChI is InChI=1S/C14H27N3O3/c1-4-19-8-5-6-15-14-16-13(2)12-17(14)7-9-20-11-10-18-3/h12H,4-11H2,1-3H3,(H,15,16). The van der Waals surface area contributed by atoms with Crippen molar-refractivity contribution < 1.29 is 14.2 Å². The number of hydrogen-bond donors (Lipinski definition) is 1. The molecule has 0 aliphatic carbocycles. The molecule has 1 N–H and O–H groups in total. The topological polar surface area (TPSA) is 57.5 Å². The van der Waals surface area contributed by atoms with E-state index in [4.69, 9.17) is 14.2 Å². The average molecular weight is 285 g/mol. The predicted octanol–water partition coefficient (Wildman–Crippen LogP) is 1.69. The van der Waals surface area contributed by atoms with Crippen LogP contribution in [0.5, 0.6) is 0 Å². The smallest absolute Gasteiger partial charge is 0.203 e. The fourth-order valence-corrected chi connectivity index (χ4v) is 1.78. The highest BCUT2D eigenvalue weighted by Gasteiger charge is 2.04. The first-order valence-corrected chi connectivity index (χ1v) is 7.20. The van der Waals surface area contributed by atoms with Gasteiger partial charge in [-0.15, -0.1) is 0 Å². The number of nitrogens with one attached hydrogen (secondary N) is 1. The lowest BCUT2D eigenvalue weighted by Crippen LogP contribution is -2.13. The van der Waals surface area contributed by atoms with E-state index in [0.717, 1.165) is 44.4 Å². The van der Waals surface area contributed by atoms with Crippen LogP contribution in [0.2, 0.25) is 0 Å². The monoisotopic (exact) mass is 285 g/mol. The Morgan fingerprint density at radius 1 is 1.20 bits per heavy atom. The zero-order chi connectivity index (χ0) is 14.6. The van der Waals surface area contributed by atoms with Gasteiger partial charge in [0.2, 0.25) is 5.95 Å². The Bertz CT molecular complexity index is 324. The molecule has 1 heterocycles. The molecule has 0 saturated heterocycles. The molecule has 0 aliphatic rings. The van der Waals surface area contributed by atoms with Crippen molar-refractivity contribution in [2.45, 2.75) is 26.8 Å². The molecule has 6 nitrogen and oxygen atoms in total. The molecule has 0 atom stereocenters. The minimum atomic E-state index is 0.626. The maximum absolute atomic E-state index is 5.48. The number of anilines is 1. The van der Waals surface area contributed by atoms with E-state index in [-0.39, 0.29) is 0 Å². The molecule has 0 saturated carbocycles. The van der Waals surface area contributed by atoms with Gasteiger partial charge >= 0.3 is 0 Å². The number of rotatable bonds is 12. The fourth-order valence-electron chi connectivity index (χ4n) is 1.78. The summed E-state index contributed by atoms with van der Waals surface area (Å²) in [6.07, 6.45) is 3.01. The molecule has 6 heteroatoms. The molecule has 0 spiro atoms. The number of methoxy groups -OCH3 is 1. The maximum atomic E-state index is 5.48. The quantitative estimate of drug-likeness (QED) is 0.592. The lowest BCUT2D eigenvalue weighted by atomic mass is 10.4. The van der Waals surface area contributed by atoms with Gasteiger partial charge in [0, 0.05) is 39.6 Å². The van der Waals surface area contributed by atoms with Gasteiger partial charge in [-0.3, -0.25) is 0 Å². The van der Waals surface area contributed by atoms with E-state index in [1.807, 2.05) is 20.0 Å². The Kier molecular flexibility index (Phi) is 9.02. The molecule has 1 rings (SSSR count). The first-order valence-electron chi connectivity index (χ1n) is 7.20. The summed E-state index contributed by atoms with van der Waals surface area (Å²) < 4.78 is 17.8. The van der Waals surface area contributed by atoms with Crippen molar-refractivity contribution >= 4 is 5.95 Å². The Morgan fingerprint density at radius 2 is 2.05 bits per heavy atom. The van der Waals surface area contributed by atoms with Crippen LogP contribution in [0, 0.1) is 6.92 Å². The van der Waals surface area contributed by atoms with Crippen molar-refractivity contribution in [2.75, 3.05) is 52.0 Å². The van der Waals surface area contributed by atoms with Gasteiger partial charge in [-0.2, -0.15) is 0 Å².